The van der Waals surface area contributed by atoms with E-state index in [1.807, 2.05) is 48.0 Å². The van der Waals surface area contributed by atoms with Crippen LogP contribution in [-0.4, -0.2) is 61.5 Å². The van der Waals surface area contributed by atoms with Crippen molar-refractivity contribution < 1.29 is 4.52 Å². The molecule has 10 heteroatoms. The molecule has 1 aliphatic heterocycles. The van der Waals surface area contributed by atoms with Gasteiger partial charge >= 0.3 is 0 Å². The SMILES string of the molecule is CN1CCN(c2nnc(-c3ccncc3)n2C)C(c2nc(-c3cccc(Cl)c3)no2)C1. The largest absolute Gasteiger partial charge is 0.337 e. The van der Waals surface area contributed by atoms with Crippen LogP contribution in [0.4, 0.5) is 5.95 Å². The van der Waals surface area contributed by atoms with Crippen molar-refractivity contribution in [1.82, 2.24) is 34.8 Å². The molecule has 9 nitrogen and oxygen atoms in total. The van der Waals surface area contributed by atoms with E-state index < -0.39 is 0 Å². The van der Waals surface area contributed by atoms with Crippen molar-refractivity contribution in [3.05, 3.63) is 59.7 Å². The summed E-state index contributed by atoms with van der Waals surface area (Å²) in [6, 6.07) is 11.1. The molecule has 1 unspecified atom stereocenters. The lowest BCUT2D eigenvalue weighted by molar-refractivity contribution is 0.232. The van der Waals surface area contributed by atoms with Crippen LogP contribution in [0.15, 0.2) is 53.3 Å². The predicted octanol–water partition coefficient (Wildman–Crippen LogP) is 3.07. The average molecular weight is 437 g/mol. The van der Waals surface area contributed by atoms with Gasteiger partial charge in [-0.15, -0.1) is 10.2 Å². The van der Waals surface area contributed by atoms with Crippen LogP contribution in [0.1, 0.15) is 11.9 Å². The third kappa shape index (κ3) is 3.77. The molecule has 31 heavy (non-hydrogen) atoms. The fourth-order valence-electron chi connectivity index (χ4n) is 3.81. The van der Waals surface area contributed by atoms with Crippen LogP contribution in [0.5, 0.6) is 0 Å². The van der Waals surface area contributed by atoms with Gasteiger partial charge in [-0.25, -0.2) is 0 Å². The Morgan fingerprint density at radius 2 is 1.87 bits per heavy atom. The zero-order valence-corrected chi connectivity index (χ0v) is 17.9. The van der Waals surface area contributed by atoms with Gasteiger partial charge in [0.2, 0.25) is 11.8 Å². The molecular weight excluding hydrogens is 416 g/mol. The highest BCUT2D eigenvalue weighted by Crippen LogP contribution is 2.31. The van der Waals surface area contributed by atoms with Crippen molar-refractivity contribution in [3.8, 4) is 22.8 Å². The molecule has 0 N–H and O–H groups in total. The van der Waals surface area contributed by atoms with E-state index in [4.69, 9.17) is 16.1 Å². The van der Waals surface area contributed by atoms with E-state index in [2.05, 4.69) is 42.2 Å². The van der Waals surface area contributed by atoms with Gasteiger partial charge in [0, 0.05) is 55.2 Å². The van der Waals surface area contributed by atoms with Crippen LogP contribution in [0.2, 0.25) is 5.02 Å². The predicted molar refractivity (Wildman–Crippen MR) is 117 cm³/mol. The summed E-state index contributed by atoms with van der Waals surface area (Å²) in [5.41, 5.74) is 1.78. The van der Waals surface area contributed by atoms with Gasteiger partial charge < -0.3 is 14.3 Å². The maximum absolute atomic E-state index is 6.12. The van der Waals surface area contributed by atoms with Crippen LogP contribution in [0.3, 0.4) is 0 Å². The lowest BCUT2D eigenvalue weighted by Gasteiger charge is -2.38. The molecule has 1 saturated heterocycles. The number of rotatable bonds is 4. The molecule has 0 aliphatic carbocycles. The van der Waals surface area contributed by atoms with Crippen LogP contribution >= 0.6 is 11.6 Å². The van der Waals surface area contributed by atoms with Gasteiger partial charge in [0.05, 0.1) is 0 Å². The second kappa shape index (κ2) is 8.09. The number of anilines is 1. The molecule has 0 spiro atoms. The van der Waals surface area contributed by atoms with E-state index in [9.17, 15) is 0 Å². The minimum Gasteiger partial charge on any atom is -0.337 e. The van der Waals surface area contributed by atoms with Gasteiger partial charge in [-0.05, 0) is 31.3 Å². The summed E-state index contributed by atoms with van der Waals surface area (Å²) in [4.78, 5) is 13.2. The number of benzene rings is 1. The summed E-state index contributed by atoms with van der Waals surface area (Å²) in [7, 11) is 4.04. The van der Waals surface area contributed by atoms with Crippen molar-refractivity contribution >= 4 is 17.5 Å². The Balaban J connectivity index is 1.49. The first kappa shape index (κ1) is 19.7. The van der Waals surface area contributed by atoms with Gasteiger partial charge in [-0.2, -0.15) is 4.98 Å². The monoisotopic (exact) mass is 436 g/mol. The number of hydrogen-bond acceptors (Lipinski definition) is 8. The van der Waals surface area contributed by atoms with E-state index in [0.717, 1.165) is 42.5 Å². The summed E-state index contributed by atoms with van der Waals surface area (Å²) in [6.45, 7) is 2.39. The Morgan fingerprint density at radius 1 is 1.03 bits per heavy atom. The van der Waals surface area contributed by atoms with Gasteiger partial charge in [-0.3, -0.25) is 9.55 Å². The first-order chi connectivity index (χ1) is 15.1. The van der Waals surface area contributed by atoms with E-state index in [1.54, 1.807) is 12.4 Å². The molecule has 0 radical (unpaired) electrons. The minimum atomic E-state index is -0.146. The van der Waals surface area contributed by atoms with Crippen LogP contribution in [-0.2, 0) is 7.05 Å². The van der Waals surface area contributed by atoms with Gasteiger partial charge in [0.15, 0.2) is 5.82 Å². The van der Waals surface area contributed by atoms with Crippen LogP contribution in [0.25, 0.3) is 22.8 Å². The topological polar surface area (TPSA) is 89.0 Å². The molecule has 5 rings (SSSR count). The smallest absolute Gasteiger partial charge is 0.251 e. The van der Waals surface area contributed by atoms with Crippen molar-refractivity contribution in [2.45, 2.75) is 6.04 Å². The molecule has 1 aliphatic rings. The highest BCUT2D eigenvalue weighted by atomic mass is 35.5. The van der Waals surface area contributed by atoms with E-state index >= 15 is 0 Å². The Bertz CT molecular complexity index is 1190. The first-order valence-corrected chi connectivity index (χ1v) is 10.3. The molecule has 0 saturated carbocycles. The molecular formula is C21H21ClN8O. The van der Waals surface area contributed by atoms with E-state index in [0.29, 0.717) is 16.7 Å². The Kier molecular flexibility index (Phi) is 5.13. The van der Waals surface area contributed by atoms with Gasteiger partial charge in [-0.1, -0.05) is 28.9 Å². The standard InChI is InChI=1S/C21H21ClN8O/c1-28-10-11-30(21-26-25-19(29(21)2)14-6-8-23-9-7-14)17(13-28)20-24-18(27-31-20)15-4-3-5-16(22)12-15/h3-9,12,17H,10-11,13H2,1-2H3. The Morgan fingerprint density at radius 3 is 2.68 bits per heavy atom. The summed E-state index contributed by atoms with van der Waals surface area (Å²) in [6.07, 6.45) is 3.50. The van der Waals surface area contributed by atoms with Crippen LogP contribution in [0, 0.1) is 0 Å². The number of halogens is 1. The molecule has 3 aromatic heterocycles. The highest BCUT2D eigenvalue weighted by molar-refractivity contribution is 6.30. The van der Waals surface area contributed by atoms with E-state index in [1.165, 1.54) is 0 Å². The highest BCUT2D eigenvalue weighted by Gasteiger charge is 2.34. The second-order valence-electron chi connectivity index (χ2n) is 7.56. The van der Waals surface area contributed by atoms with Crippen molar-refractivity contribution in [1.29, 1.82) is 0 Å². The molecule has 4 heterocycles. The fourth-order valence-corrected chi connectivity index (χ4v) is 4.00. The minimum absolute atomic E-state index is 0.146. The fraction of sp³-hybridized carbons (Fsp3) is 0.286. The zero-order valence-electron chi connectivity index (χ0n) is 17.2. The second-order valence-corrected chi connectivity index (χ2v) is 7.99. The molecule has 1 atom stereocenters. The normalized spacial score (nSPS) is 17.3. The lowest BCUT2D eigenvalue weighted by atomic mass is 10.1. The molecule has 4 aromatic rings. The molecule has 1 fully saturated rings. The third-order valence-corrected chi connectivity index (χ3v) is 5.68. The lowest BCUT2D eigenvalue weighted by Crippen LogP contribution is -2.48. The molecule has 158 valence electrons. The Labute approximate surface area is 184 Å². The maximum Gasteiger partial charge on any atom is 0.251 e. The number of piperazine rings is 1. The number of likely N-dealkylation sites (N-methyl/N-ethyl adjacent to an activating group) is 1. The quantitative estimate of drug-likeness (QED) is 0.482. The maximum atomic E-state index is 6.12. The van der Waals surface area contributed by atoms with Crippen molar-refractivity contribution in [3.63, 3.8) is 0 Å². The average Bonchev–Trinajstić information content (AvgIpc) is 3.42. The van der Waals surface area contributed by atoms with Gasteiger partial charge in [0.1, 0.15) is 6.04 Å². The summed E-state index contributed by atoms with van der Waals surface area (Å²) in [5.74, 6) is 2.59. The summed E-state index contributed by atoms with van der Waals surface area (Å²) >= 11 is 6.12. The third-order valence-electron chi connectivity index (χ3n) is 5.44. The molecule has 0 amide bonds. The number of hydrogen-bond donors (Lipinski definition) is 0. The molecule has 0 bridgehead atoms. The van der Waals surface area contributed by atoms with Crippen molar-refractivity contribution in [2.24, 2.45) is 7.05 Å². The van der Waals surface area contributed by atoms with E-state index in [-0.39, 0.29) is 6.04 Å². The number of nitrogens with zero attached hydrogens (tertiary/aromatic N) is 8. The Hall–Kier alpha value is -3.30. The van der Waals surface area contributed by atoms with Gasteiger partial charge in [0.25, 0.3) is 5.89 Å². The first-order valence-electron chi connectivity index (χ1n) is 9.94. The summed E-state index contributed by atoms with van der Waals surface area (Å²) < 4.78 is 7.68. The zero-order chi connectivity index (χ0) is 21.4. The number of aromatic nitrogens is 6. The molecule has 1 aromatic carbocycles. The number of pyridine rings is 1. The summed E-state index contributed by atoms with van der Waals surface area (Å²) in [5, 5.41) is 13.7. The van der Waals surface area contributed by atoms with Crippen molar-refractivity contribution in [2.75, 3.05) is 31.6 Å². The van der Waals surface area contributed by atoms with Crippen LogP contribution < -0.4 is 4.90 Å².